The molecule has 3 aromatic rings. The molecule has 0 aliphatic rings. The van der Waals surface area contributed by atoms with E-state index in [1.54, 1.807) is 24.5 Å². The number of carbonyl (C=O) groups is 1. The first-order valence-corrected chi connectivity index (χ1v) is 5.50. The van der Waals surface area contributed by atoms with E-state index in [-0.39, 0.29) is 5.78 Å². The smallest absolute Gasteiger partial charge is 0.213 e. The molecule has 0 unspecified atom stereocenters. The first-order chi connectivity index (χ1) is 8.84. The molecule has 4 nitrogen and oxygen atoms in total. The Labute approximate surface area is 103 Å². The van der Waals surface area contributed by atoms with Crippen molar-refractivity contribution in [2.75, 3.05) is 0 Å². The van der Waals surface area contributed by atoms with E-state index in [2.05, 4.69) is 15.0 Å². The highest BCUT2D eigenvalue weighted by Gasteiger charge is 2.10. The van der Waals surface area contributed by atoms with E-state index in [1.807, 2.05) is 18.2 Å². The van der Waals surface area contributed by atoms with Gasteiger partial charge in [0, 0.05) is 29.5 Å². The van der Waals surface area contributed by atoms with Crippen molar-refractivity contribution in [1.82, 2.24) is 15.0 Å². The predicted octanol–water partition coefficient (Wildman–Crippen LogP) is 2.26. The van der Waals surface area contributed by atoms with E-state index in [0.717, 1.165) is 10.9 Å². The summed E-state index contributed by atoms with van der Waals surface area (Å²) in [5.74, 6) is -0.143. The Morgan fingerprint density at radius 2 is 1.94 bits per heavy atom. The van der Waals surface area contributed by atoms with Crippen LogP contribution in [0.5, 0.6) is 0 Å². The zero-order chi connectivity index (χ0) is 12.4. The van der Waals surface area contributed by atoms with Crippen LogP contribution in [0.15, 0.2) is 55.1 Å². The molecule has 0 aliphatic carbocycles. The molecule has 0 atom stereocenters. The number of benzene rings is 1. The Kier molecular flexibility index (Phi) is 2.53. The minimum Gasteiger partial charge on any atom is -0.287 e. The molecule has 86 valence electrons. The van der Waals surface area contributed by atoms with E-state index in [9.17, 15) is 4.79 Å². The number of rotatable bonds is 2. The number of fused-ring (bicyclic) bond motifs is 1. The number of pyridine rings is 1. The maximum absolute atomic E-state index is 12.2. The lowest BCUT2D eigenvalue weighted by Crippen LogP contribution is -2.04. The summed E-state index contributed by atoms with van der Waals surface area (Å²) < 4.78 is 0. The molecule has 3 rings (SSSR count). The molecule has 4 heteroatoms. The van der Waals surface area contributed by atoms with Crippen LogP contribution in [0.1, 0.15) is 16.1 Å². The van der Waals surface area contributed by atoms with Gasteiger partial charge in [-0.05, 0) is 12.1 Å². The molecule has 1 aromatic carbocycles. The van der Waals surface area contributed by atoms with Gasteiger partial charge in [0.25, 0.3) is 0 Å². The topological polar surface area (TPSA) is 55.7 Å². The first-order valence-electron chi connectivity index (χ1n) is 5.50. The maximum atomic E-state index is 12.2. The number of nitrogens with zero attached hydrogens (tertiary/aromatic N) is 3. The van der Waals surface area contributed by atoms with E-state index >= 15 is 0 Å². The van der Waals surface area contributed by atoms with Crippen molar-refractivity contribution >= 4 is 16.7 Å². The van der Waals surface area contributed by atoms with Gasteiger partial charge in [-0.2, -0.15) is 0 Å². The van der Waals surface area contributed by atoms with Crippen molar-refractivity contribution in [3.05, 3.63) is 66.4 Å². The molecule has 0 fully saturated rings. The molecular weight excluding hydrogens is 226 g/mol. The summed E-state index contributed by atoms with van der Waals surface area (Å²) in [7, 11) is 0. The second-order valence-corrected chi connectivity index (χ2v) is 3.83. The highest BCUT2D eigenvalue weighted by atomic mass is 16.1. The fraction of sp³-hybridized carbons (Fsp3) is 0. The predicted molar refractivity (Wildman–Crippen MR) is 67.2 cm³/mol. The van der Waals surface area contributed by atoms with Gasteiger partial charge in [0.15, 0.2) is 0 Å². The highest BCUT2D eigenvalue weighted by molar-refractivity contribution is 6.09. The van der Waals surface area contributed by atoms with Crippen molar-refractivity contribution in [3.63, 3.8) is 0 Å². The Morgan fingerprint density at radius 1 is 1.00 bits per heavy atom. The fourth-order valence-electron chi connectivity index (χ4n) is 1.77. The molecule has 0 spiro atoms. The first kappa shape index (κ1) is 10.5. The minimum atomic E-state index is -0.143. The van der Waals surface area contributed by atoms with E-state index in [0.29, 0.717) is 11.3 Å². The van der Waals surface area contributed by atoms with Gasteiger partial charge in [-0.3, -0.25) is 14.8 Å². The highest BCUT2D eigenvalue weighted by Crippen LogP contribution is 2.15. The molecule has 0 aliphatic heterocycles. The molecule has 0 amide bonds. The molecule has 0 N–H and O–H groups in total. The second-order valence-electron chi connectivity index (χ2n) is 3.83. The van der Waals surface area contributed by atoms with Crippen molar-refractivity contribution in [1.29, 1.82) is 0 Å². The van der Waals surface area contributed by atoms with Gasteiger partial charge in [-0.1, -0.05) is 18.2 Å². The molecule has 0 bridgehead atoms. The third-order valence-electron chi connectivity index (χ3n) is 2.66. The van der Waals surface area contributed by atoms with Crippen LogP contribution < -0.4 is 0 Å². The number of carbonyl (C=O) groups excluding carboxylic acids is 1. The Hall–Kier alpha value is -2.62. The van der Waals surface area contributed by atoms with Crippen LogP contribution in [-0.4, -0.2) is 20.7 Å². The lowest BCUT2D eigenvalue weighted by atomic mass is 10.1. The number of hydrogen-bond acceptors (Lipinski definition) is 4. The monoisotopic (exact) mass is 235 g/mol. The van der Waals surface area contributed by atoms with Crippen molar-refractivity contribution in [3.8, 4) is 0 Å². The van der Waals surface area contributed by atoms with Gasteiger partial charge in [0.1, 0.15) is 5.69 Å². The minimum absolute atomic E-state index is 0.143. The van der Waals surface area contributed by atoms with E-state index in [4.69, 9.17) is 0 Å². The summed E-state index contributed by atoms with van der Waals surface area (Å²) in [5.41, 5.74) is 1.71. The van der Waals surface area contributed by atoms with Crippen molar-refractivity contribution in [2.45, 2.75) is 0 Å². The van der Waals surface area contributed by atoms with Crippen LogP contribution in [0, 0.1) is 0 Å². The van der Waals surface area contributed by atoms with E-state index < -0.39 is 0 Å². The van der Waals surface area contributed by atoms with Crippen LogP contribution in [0.3, 0.4) is 0 Å². The zero-order valence-electron chi connectivity index (χ0n) is 9.45. The van der Waals surface area contributed by atoms with Gasteiger partial charge in [-0.15, -0.1) is 0 Å². The van der Waals surface area contributed by atoms with Gasteiger partial charge < -0.3 is 0 Å². The van der Waals surface area contributed by atoms with Crippen LogP contribution >= 0.6 is 0 Å². The lowest BCUT2D eigenvalue weighted by Gasteiger charge is -2.01. The van der Waals surface area contributed by atoms with Crippen LogP contribution in [0.25, 0.3) is 10.9 Å². The van der Waals surface area contributed by atoms with Gasteiger partial charge in [0.2, 0.25) is 5.78 Å². The number of hydrogen-bond donors (Lipinski definition) is 0. The van der Waals surface area contributed by atoms with Gasteiger partial charge in [0.05, 0.1) is 11.7 Å². The number of aromatic nitrogens is 3. The van der Waals surface area contributed by atoms with Gasteiger partial charge in [-0.25, -0.2) is 4.98 Å². The normalized spacial score (nSPS) is 10.4. The SMILES string of the molecule is O=C(c1ccc2cccnc2c1)c1cnccn1. The zero-order valence-corrected chi connectivity index (χ0v) is 9.45. The molecule has 0 saturated heterocycles. The summed E-state index contributed by atoms with van der Waals surface area (Å²) >= 11 is 0. The van der Waals surface area contributed by atoms with Crippen molar-refractivity contribution in [2.24, 2.45) is 0 Å². The summed E-state index contributed by atoms with van der Waals surface area (Å²) in [5, 5.41) is 1.01. The second kappa shape index (κ2) is 4.33. The quantitative estimate of drug-likeness (QED) is 0.639. The molecule has 18 heavy (non-hydrogen) atoms. The van der Waals surface area contributed by atoms with Crippen LogP contribution in [0.4, 0.5) is 0 Å². The van der Waals surface area contributed by atoms with Crippen LogP contribution in [0.2, 0.25) is 0 Å². The molecule has 2 aromatic heterocycles. The molecule has 2 heterocycles. The van der Waals surface area contributed by atoms with Gasteiger partial charge >= 0.3 is 0 Å². The Balaban J connectivity index is 2.07. The summed E-state index contributed by atoms with van der Waals surface area (Å²) in [6, 6.07) is 9.25. The molecule has 0 saturated carbocycles. The maximum Gasteiger partial charge on any atom is 0.213 e. The Bertz CT molecular complexity index is 710. The summed E-state index contributed by atoms with van der Waals surface area (Å²) in [6.07, 6.45) is 6.22. The molecular formula is C14H9N3O. The summed E-state index contributed by atoms with van der Waals surface area (Å²) in [6.45, 7) is 0. The largest absolute Gasteiger partial charge is 0.287 e. The fourth-order valence-corrected chi connectivity index (χ4v) is 1.77. The third-order valence-corrected chi connectivity index (χ3v) is 2.66. The Morgan fingerprint density at radius 3 is 2.78 bits per heavy atom. The number of ketones is 1. The lowest BCUT2D eigenvalue weighted by molar-refractivity contribution is 0.103. The third kappa shape index (κ3) is 1.84. The van der Waals surface area contributed by atoms with Crippen LogP contribution in [-0.2, 0) is 0 Å². The van der Waals surface area contributed by atoms with Crippen molar-refractivity contribution < 1.29 is 4.79 Å². The standard InChI is InChI=1S/C14H9N3O/c18-14(13-9-15-6-7-17-13)11-4-3-10-2-1-5-16-12(10)8-11/h1-9H. The summed E-state index contributed by atoms with van der Waals surface area (Å²) in [4.78, 5) is 24.3. The molecule has 0 radical (unpaired) electrons. The average molecular weight is 235 g/mol. The van der Waals surface area contributed by atoms with E-state index in [1.165, 1.54) is 12.4 Å². The average Bonchev–Trinajstić information content (AvgIpc) is 2.47.